The van der Waals surface area contributed by atoms with Gasteiger partial charge in [0.1, 0.15) is 5.75 Å². The van der Waals surface area contributed by atoms with E-state index in [1.807, 2.05) is 12.1 Å². The lowest BCUT2D eigenvalue weighted by molar-refractivity contribution is 0.0831. The minimum absolute atomic E-state index is 0.310. The molecule has 0 spiro atoms. The van der Waals surface area contributed by atoms with Gasteiger partial charge in [-0.3, -0.25) is 0 Å². The molecule has 0 aliphatic carbocycles. The van der Waals surface area contributed by atoms with E-state index in [-0.39, 0.29) is 0 Å². The molecule has 1 aromatic carbocycles. The maximum absolute atomic E-state index is 8.87. The number of hydrogen-bond acceptors (Lipinski definition) is 4. The van der Waals surface area contributed by atoms with E-state index in [1.54, 1.807) is 13.2 Å². The molecular formula is C15H20N2O2. The highest BCUT2D eigenvalue weighted by atomic mass is 16.5. The van der Waals surface area contributed by atoms with Crippen LogP contribution in [0.25, 0.3) is 0 Å². The number of ether oxygens (including phenoxy) is 2. The standard InChI is InChI=1S/C15H20N2O2/c1-11(14-4-3-7-19-14)17-10-13-6-5-12(9-16)8-15(13)18-2/h5-6,8,11,14,17H,3-4,7,10H2,1-2H3/t11-,14-/m0/s1. The molecule has 102 valence electrons. The predicted octanol–water partition coefficient (Wildman–Crippen LogP) is 2.22. The van der Waals surface area contributed by atoms with E-state index in [1.165, 1.54) is 0 Å². The van der Waals surface area contributed by atoms with Crippen LogP contribution < -0.4 is 10.1 Å². The highest BCUT2D eigenvalue weighted by Crippen LogP contribution is 2.21. The number of nitriles is 1. The molecule has 4 heteroatoms. The second-order valence-electron chi connectivity index (χ2n) is 4.86. The van der Waals surface area contributed by atoms with Crippen molar-refractivity contribution in [2.24, 2.45) is 0 Å². The van der Waals surface area contributed by atoms with Crippen LogP contribution in [0.1, 0.15) is 30.9 Å². The third-order valence-electron chi connectivity index (χ3n) is 3.55. The number of hydrogen-bond donors (Lipinski definition) is 1. The van der Waals surface area contributed by atoms with Crippen molar-refractivity contribution in [3.05, 3.63) is 29.3 Å². The summed E-state index contributed by atoms with van der Waals surface area (Å²) in [4.78, 5) is 0. The lowest BCUT2D eigenvalue weighted by Gasteiger charge is -2.20. The van der Waals surface area contributed by atoms with Crippen LogP contribution in [0.2, 0.25) is 0 Å². The molecule has 1 N–H and O–H groups in total. The molecular weight excluding hydrogens is 240 g/mol. The van der Waals surface area contributed by atoms with Crippen LogP contribution in [0.5, 0.6) is 5.75 Å². The molecule has 1 saturated heterocycles. The van der Waals surface area contributed by atoms with Gasteiger partial charge in [-0.15, -0.1) is 0 Å². The summed E-state index contributed by atoms with van der Waals surface area (Å²) in [7, 11) is 1.63. The quantitative estimate of drug-likeness (QED) is 0.882. The van der Waals surface area contributed by atoms with Crippen molar-refractivity contribution in [3.63, 3.8) is 0 Å². The minimum Gasteiger partial charge on any atom is -0.496 e. The minimum atomic E-state index is 0.310. The van der Waals surface area contributed by atoms with Gasteiger partial charge < -0.3 is 14.8 Å². The molecule has 0 unspecified atom stereocenters. The fourth-order valence-corrected chi connectivity index (χ4v) is 2.36. The molecule has 0 saturated carbocycles. The highest BCUT2D eigenvalue weighted by molar-refractivity contribution is 5.42. The van der Waals surface area contributed by atoms with Crippen LogP contribution in [0.4, 0.5) is 0 Å². The van der Waals surface area contributed by atoms with E-state index in [4.69, 9.17) is 14.7 Å². The van der Waals surface area contributed by atoms with Crippen LogP contribution in [0, 0.1) is 11.3 Å². The van der Waals surface area contributed by atoms with Gasteiger partial charge in [0.2, 0.25) is 0 Å². The van der Waals surface area contributed by atoms with E-state index in [2.05, 4.69) is 18.3 Å². The zero-order valence-corrected chi connectivity index (χ0v) is 11.5. The van der Waals surface area contributed by atoms with Crippen molar-refractivity contribution >= 4 is 0 Å². The Hall–Kier alpha value is -1.57. The van der Waals surface area contributed by atoms with Crippen LogP contribution in [0.15, 0.2) is 18.2 Å². The lowest BCUT2D eigenvalue weighted by atomic mass is 10.1. The van der Waals surface area contributed by atoms with Gasteiger partial charge in [-0.25, -0.2) is 0 Å². The number of nitrogens with zero attached hydrogens (tertiary/aromatic N) is 1. The Bertz CT molecular complexity index is 462. The molecule has 19 heavy (non-hydrogen) atoms. The molecule has 1 heterocycles. The second kappa shape index (κ2) is 6.55. The van der Waals surface area contributed by atoms with Gasteiger partial charge in [0.15, 0.2) is 0 Å². The van der Waals surface area contributed by atoms with E-state index in [0.717, 1.165) is 37.3 Å². The van der Waals surface area contributed by atoms with Gasteiger partial charge in [0, 0.05) is 24.8 Å². The SMILES string of the molecule is COc1cc(C#N)ccc1CN[C@@H](C)[C@@H]1CCCO1. The van der Waals surface area contributed by atoms with Crippen LogP contribution in [0.3, 0.4) is 0 Å². The first-order valence-corrected chi connectivity index (χ1v) is 6.66. The van der Waals surface area contributed by atoms with Crippen molar-refractivity contribution in [2.45, 2.75) is 38.5 Å². The van der Waals surface area contributed by atoms with Gasteiger partial charge >= 0.3 is 0 Å². The molecule has 1 aromatic rings. The van der Waals surface area contributed by atoms with E-state index >= 15 is 0 Å². The summed E-state index contributed by atoms with van der Waals surface area (Å²) >= 11 is 0. The third kappa shape index (κ3) is 3.46. The smallest absolute Gasteiger partial charge is 0.124 e. The molecule has 2 atom stereocenters. The van der Waals surface area contributed by atoms with Gasteiger partial charge in [0.25, 0.3) is 0 Å². The molecule has 1 aliphatic heterocycles. The van der Waals surface area contributed by atoms with Crippen molar-refractivity contribution < 1.29 is 9.47 Å². The van der Waals surface area contributed by atoms with Crippen molar-refractivity contribution in [1.82, 2.24) is 5.32 Å². The fourth-order valence-electron chi connectivity index (χ4n) is 2.36. The number of rotatable bonds is 5. The lowest BCUT2D eigenvalue weighted by Crippen LogP contribution is -2.36. The van der Waals surface area contributed by atoms with Gasteiger partial charge in [-0.05, 0) is 31.9 Å². The second-order valence-corrected chi connectivity index (χ2v) is 4.86. The van der Waals surface area contributed by atoms with Crippen molar-refractivity contribution in [2.75, 3.05) is 13.7 Å². The molecule has 2 rings (SSSR count). The predicted molar refractivity (Wildman–Crippen MR) is 73.0 cm³/mol. The fraction of sp³-hybridized carbons (Fsp3) is 0.533. The molecule has 0 aromatic heterocycles. The summed E-state index contributed by atoms with van der Waals surface area (Å²) in [6.07, 6.45) is 2.58. The Kier molecular flexibility index (Phi) is 4.78. The van der Waals surface area contributed by atoms with Gasteiger partial charge in [-0.2, -0.15) is 5.26 Å². The van der Waals surface area contributed by atoms with Crippen molar-refractivity contribution in [1.29, 1.82) is 5.26 Å². The molecule has 4 nitrogen and oxygen atoms in total. The summed E-state index contributed by atoms with van der Waals surface area (Å²) in [5, 5.41) is 12.3. The number of nitrogens with one attached hydrogen (secondary N) is 1. The molecule has 0 radical (unpaired) electrons. The van der Waals surface area contributed by atoms with Crippen molar-refractivity contribution in [3.8, 4) is 11.8 Å². The van der Waals surface area contributed by atoms with Gasteiger partial charge in [0.05, 0.1) is 24.8 Å². The Balaban J connectivity index is 1.97. The normalized spacial score (nSPS) is 19.9. The first-order valence-electron chi connectivity index (χ1n) is 6.66. The first-order chi connectivity index (χ1) is 9.24. The Morgan fingerprint density at radius 3 is 3.05 bits per heavy atom. The maximum atomic E-state index is 8.87. The number of benzene rings is 1. The number of methoxy groups -OCH3 is 1. The van der Waals surface area contributed by atoms with E-state index in [0.29, 0.717) is 17.7 Å². The molecule has 0 amide bonds. The zero-order chi connectivity index (χ0) is 13.7. The molecule has 1 aliphatic rings. The topological polar surface area (TPSA) is 54.3 Å². The van der Waals surface area contributed by atoms with Gasteiger partial charge in [-0.1, -0.05) is 6.07 Å². The first kappa shape index (κ1) is 13.9. The summed E-state index contributed by atoms with van der Waals surface area (Å²) in [5.41, 5.74) is 1.68. The summed E-state index contributed by atoms with van der Waals surface area (Å²) in [6, 6.07) is 7.96. The monoisotopic (exact) mass is 260 g/mol. The average molecular weight is 260 g/mol. The highest BCUT2D eigenvalue weighted by Gasteiger charge is 2.22. The van der Waals surface area contributed by atoms with E-state index in [9.17, 15) is 0 Å². The van der Waals surface area contributed by atoms with Crippen LogP contribution in [-0.4, -0.2) is 25.9 Å². The molecule has 1 fully saturated rings. The summed E-state index contributed by atoms with van der Waals surface area (Å²) in [5.74, 6) is 0.756. The van der Waals surface area contributed by atoms with Crippen LogP contribution >= 0.6 is 0 Å². The Labute approximate surface area is 114 Å². The van der Waals surface area contributed by atoms with E-state index < -0.39 is 0 Å². The zero-order valence-electron chi connectivity index (χ0n) is 11.5. The Morgan fingerprint density at radius 2 is 2.42 bits per heavy atom. The average Bonchev–Trinajstić information content (AvgIpc) is 2.98. The third-order valence-corrected chi connectivity index (χ3v) is 3.55. The Morgan fingerprint density at radius 1 is 1.58 bits per heavy atom. The molecule has 0 bridgehead atoms. The maximum Gasteiger partial charge on any atom is 0.124 e. The van der Waals surface area contributed by atoms with Crippen LogP contribution in [-0.2, 0) is 11.3 Å². The largest absolute Gasteiger partial charge is 0.496 e. The summed E-state index contributed by atoms with van der Waals surface area (Å²) < 4.78 is 11.0. The summed E-state index contributed by atoms with van der Waals surface area (Å²) in [6.45, 7) is 3.74.